The van der Waals surface area contributed by atoms with Gasteiger partial charge in [0.25, 0.3) is 0 Å². The molecule has 1 aromatic heterocycles. The normalized spacial score (nSPS) is 13.8. The number of benzene rings is 1. The molecular weight excluding hydrogens is 270 g/mol. The molecule has 5 heteroatoms. The van der Waals surface area contributed by atoms with E-state index >= 15 is 0 Å². The molecule has 0 aliphatic rings. The van der Waals surface area contributed by atoms with Crippen molar-refractivity contribution in [3.8, 4) is 0 Å². The lowest BCUT2D eigenvalue weighted by Crippen LogP contribution is -2.19. The molecule has 0 spiro atoms. The number of nitrogens with two attached hydrogens (primary N) is 1. The van der Waals surface area contributed by atoms with Gasteiger partial charge in [-0.05, 0) is 24.6 Å². The van der Waals surface area contributed by atoms with Crippen LogP contribution in [0.5, 0.6) is 0 Å². The highest BCUT2D eigenvalue weighted by Gasteiger charge is 2.22. The van der Waals surface area contributed by atoms with Gasteiger partial charge >= 0.3 is 0 Å². The lowest BCUT2D eigenvalue weighted by Gasteiger charge is -2.20. The van der Waals surface area contributed by atoms with Crippen LogP contribution in [0, 0.1) is 0 Å². The van der Waals surface area contributed by atoms with Gasteiger partial charge in [-0.1, -0.05) is 20.8 Å². The predicted octanol–water partition coefficient (Wildman–Crippen LogP) is 2.68. The summed E-state index contributed by atoms with van der Waals surface area (Å²) in [6.07, 6.45) is 2.64. The van der Waals surface area contributed by atoms with E-state index in [0.29, 0.717) is 0 Å². The minimum Gasteiger partial charge on any atom is -0.399 e. The van der Waals surface area contributed by atoms with Crippen LogP contribution in [0.25, 0.3) is 11.0 Å². The Morgan fingerprint density at radius 2 is 2.05 bits per heavy atom. The van der Waals surface area contributed by atoms with Gasteiger partial charge in [0.1, 0.15) is 5.82 Å². The van der Waals surface area contributed by atoms with Gasteiger partial charge in [-0.15, -0.1) is 0 Å². The summed E-state index contributed by atoms with van der Waals surface area (Å²) in [6.45, 7) is 7.32. The summed E-state index contributed by atoms with van der Waals surface area (Å²) in [5.41, 5.74) is 8.59. The predicted molar refractivity (Wildman–Crippen MR) is 86.4 cm³/mol. The lowest BCUT2D eigenvalue weighted by atomic mass is 9.95. The zero-order chi connectivity index (χ0) is 14.9. The van der Waals surface area contributed by atoms with Crippen molar-refractivity contribution < 1.29 is 4.21 Å². The first-order valence-corrected chi connectivity index (χ1v) is 8.58. The minimum absolute atomic E-state index is 0.0286. The lowest BCUT2D eigenvalue weighted by molar-refractivity contribution is 0.501. The third kappa shape index (κ3) is 3.20. The molecule has 0 radical (unpaired) electrons. The molecule has 0 amide bonds. The fraction of sp³-hybridized carbons (Fsp3) is 0.533. The Hall–Kier alpha value is -1.36. The Balaban J connectivity index is 2.45. The second-order valence-electron chi connectivity index (χ2n) is 6.22. The number of hydrogen-bond donors (Lipinski definition) is 1. The number of anilines is 1. The van der Waals surface area contributed by atoms with Gasteiger partial charge in [0.05, 0.1) is 11.0 Å². The topological polar surface area (TPSA) is 60.9 Å². The van der Waals surface area contributed by atoms with Crippen LogP contribution in [0.1, 0.15) is 33.0 Å². The van der Waals surface area contributed by atoms with Gasteiger partial charge in [0, 0.05) is 40.5 Å². The molecular formula is C15H23N3OS. The molecule has 1 atom stereocenters. The van der Waals surface area contributed by atoms with Gasteiger partial charge in [-0.3, -0.25) is 4.21 Å². The maximum atomic E-state index is 11.2. The number of nitrogens with zero attached hydrogens (tertiary/aromatic N) is 2. The van der Waals surface area contributed by atoms with Gasteiger partial charge in [0.15, 0.2) is 0 Å². The Bertz CT molecular complexity index is 640. The van der Waals surface area contributed by atoms with Crippen molar-refractivity contribution in [2.24, 2.45) is 0 Å². The largest absolute Gasteiger partial charge is 0.399 e. The van der Waals surface area contributed by atoms with Gasteiger partial charge in [-0.25, -0.2) is 4.98 Å². The summed E-state index contributed by atoms with van der Waals surface area (Å²) in [4.78, 5) is 4.75. The summed E-state index contributed by atoms with van der Waals surface area (Å²) < 4.78 is 13.5. The van der Waals surface area contributed by atoms with Crippen LogP contribution in [-0.4, -0.2) is 25.8 Å². The molecule has 20 heavy (non-hydrogen) atoms. The maximum Gasteiger partial charge on any atom is 0.115 e. The van der Waals surface area contributed by atoms with Crippen LogP contribution in [0.2, 0.25) is 0 Å². The van der Waals surface area contributed by atoms with E-state index in [-0.39, 0.29) is 5.41 Å². The summed E-state index contributed by atoms with van der Waals surface area (Å²) in [7, 11) is -0.746. The fourth-order valence-corrected chi connectivity index (χ4v) is 2.91. The molecule has 1 aromatic carbocycles. The molecule has 1 unspecified atom stereocenters. The Morgan fingerprint density at radius 3 is 2.65 bits per heavy atom. The average molecular weight is 293 g/mol. The van der Waals surface area contributed by atoms with Gasteiger partial charge in [-0.2, -0.15) is 0 Å². The Morgan fingerprint density at radius 1 is 1.35 bits per heavy atom. The number of imidazole rings is 1. The smallest absolute Gasteiger partial charge is 0.115 e. The second-order valence-corrected chi connectivity index (χ2v) is 7.77. The van der Waals surface area contributed by atoms with Crippen molar-refractivity contribution in [1.29, 1.82) is 0 Å². The molecule has 0 saturated heterocycles. The zero-order valence-corrected chi connectivity index (χ0v) is 13.5. The first kappa shape index (κ1) is 15.0. The number of fused-ring (bicyclic) bond motifs is 1. The zero-order valence-electron chi connectivity index (χ0n) is 12.6. The van der Waals surface area contributed by atoms with Crippen LogP contribution >= 0.6 is 0 Å². The van der Waals surface area contributed by atoms with Crippen LogP contribution in [0.15, 0.2) is 18.2 Å². The summed E-state index contributed by atoms with van der Waals surface area (Å²) in [5.74, 6) is 1.78. The monoisotopic (exact) mass is 293 g/mol. The van der Waals surface area contributed by atoms with E-state index in [9.17, 15) is 4.21 Å². The molecule has 0 aliphatic heterocycles. The third-order valence-electron chi connectivity index (χ3n) is 3.26. The highest BCUT2D eigenvalue weighted by molar-refractivity contribution is 7.84. The summed E-state index contributed by atoms with van der Waals surface area (Å²) in [6, 6.07) is 5.85. The van der Waals surface area contributed by atoms with E-state index in [1.807, 2.05) is 18.2 Å². The van der Waals surface area contributed by atoms with E-state index in [2.05, 4.69) is 25.3 Å². The molecule has 2 aromatic rings. The maximum absolute atomic E-state index is 11.2. The second kappa shape index (κ2) is 5.56. The van der Waals surface area contributed by atoms with Crippen LogP contribution in [-0.2, 0) is 22.8 Å². The molecule has 0 aliphatic carbocycles. The highest BCUT2D eigenvalue weighted by Crippen LogP contribution is 2.27. The highest BCUT2D eigenvalue weighted by atomic mass is 32.2. The quantitative estimate of drug-likeness (QED) is 0.882. The molecule has 0 fully saturated rings. The number of hydrogen-bond acceptors (Lipinski definition) is 3. The summed E-state index contributed by atoms with van der Waals surface area (Å²) >= 11 is 0. The molecule has 0 saturated carbocycles. The molecule has 2 rings (SSSR count). The molecule has 0 bridgehead atoms. The molecule has 1 heterocycles. The van der Waals surface area contributed by atoms with Crippen molar-refractivity contribution in [2.75, 3.05) is 17.7 Å². The summed E-state index contributed by atoms with van der Waals surface area (Å²) in [5, 5.41) is 0. The van der Waals surface area contributed by atoms with Crippen molar-refractivity contribution in [2.45, 2.75) is 39.2 Å². The Kier molecular flexibility index (Phi) is 4.18. The fourth-order valence-electron chi connectivity index (χ4n) is 2.37. The first-order valence-electron chi connectivity index (χ1n) is 6.85. The van der Waals surface area contributed by atoms with Crippen molar-refractivity contribution in [1.82, 2.24) is 9.55 Å². The van der Waals surface area contributed by atoms with Crippen molar-refractivity contribution in [3.63, 3.8) is 0 Å². The SMILES string of the molecule is CS(=O)CCCn1c(C(C)(C)C)nc2cc(N)ccc21. The van der Waals surface area contributed by atoms with E-state index in [1.165, 1.54) is 0 Å². The first-order chi connectivity index (χ1) is 9.29. The number of aryl methyl sites for hydroxylation is 1. The third-order valence-corrected chi connectivity index (χ3v) is 4.12. The van der Waals surface area contributed by atoms with E-state index < -0.39 is 10.8 Å². The molecule has 110 valence electrons. The minimum atomic E-state index is -0.746. The van der Waals surface area contributed by atoms with Gasteiger partial charge in [0.2, 0.25) is 0 Å². The van der Waals surface area contributed by atoms with Crippen LogP contribution < -0.4 is 5.73 Å². The Labute approximate surface area is 122 Å². The van der Waals surface area contributed by atoms with E-state index in [4.69, 9.17) is 10.7 Å². The van der Waals surface area contributed by atoms with E-state index in [0.717, 1.165) is 41.3 Å². The average Bonchev–Trinajstić information content (AvgIpc) is 2.66. The molecule has 4 nitrogen and oxygen atoms in total. The molecule has 2 N–H and O–H groups in total. The number of nitrogen functional groups attached to an aromatic ring is 1. The van der Waals surface area contributed by atoms with Crippen molar-refractivity contribution >= 4 is 27.5 Å². The standard InChI is InChI=1S/C15H23N3OS/c1-15(2,3)14-17-12-10-11(16)6-7-13(12)18(14)8-5-9-20(4)19/h6-7,10H,5,8-9,16H2,1-4H3. The van der Waals surface area contributed by atoms with Gasteiger partial charge < -0.3 is 10.3 Å². The van der Waals surface area contributed by atoms with Crippen molar-refractivity contribution in [3.05, 3.63) is 24.0 Å². The number of rotatable bonds is 4. The van der Waals surface area contributed by atoms with Crippen LogP contribution in [0.3, 0.4) is 0 Å². The van der Waals surface area contributed by atoms with Crippen LogP contribution in [0.4, 0.5) is 5.69 Å². The van der Waals surface area contributed by atoms with E-state index in [1.54, 1.807) is 6.26 Å². The number of aromatic nitrogens is 2.